The van der Waals surface area contributed by atoms with Gasteiger partial charge in [-0.1, -0.05) is 11.3 Å². The van der Waals surface area contributed by atoms with E-state index in [-0.39, 0.29) is 11.8 Å². The van der Waals surface area contributed by atoms with Gasteiger partial charge in [-0.2, -0.15) is 0 Å². The molecule has 3 aromatic heterocycles. The summed E-state index contributed by atoms with van der Waals surface area (Å²) in [6.45, 7) is 0. The number of carbonyl (C=O) groups is 1. The van der Waals surface area contributed by atoms with E-state index >= 15 is 0 Å². The normalized spacial score (nSPS) is 17.7. The van der Waals surface area contributed by atoms with E-state index in [1.54, 1.807) is 35.9 Å². The van der Waals surface area contributed by atoms with Crippen molar-refractivity contribution >= 4 is 45.7 Å². The highest BCUT2D eigenvalue weighted by atomic mass is 32.1. The fourth-order valence-electron chi connectivity index (χ4n) is 2.91. The number of hydrogen-bond acceptors (Lipinski definition) is 5. The number of hydrogen-bond donors (Lipinski definition) is 1. The van der Waals surface area contributed by atoms with Crippen molar-refractivity contribution in [1.82, 2.24) is 19.7 Å². The molecular weight excluding hydrogens is 328 g/mol. The van der Waals surface area contributed by atoms with Crippen LogP contribution in [0.4, 0.5) is 0 Å². The van der Waals surface area contributed by atoms with Gasteiger partial charge in [-0.15, -0.1) is 11.3 Å². The minimum absolute atomic E-state index is 0.0752. The SMILES string of the molecule is CNC(=O)C1CCCc2sc(/C=C/c3cn4ccnc4s3)nc21. The van der Waals surface area contributed by atoms with Crippen molar-refractivity contribution < 1.29 is 4.79 Å². The summed E-state index contributed by atoms with van der Waals surface area (Å²) in [5.74, 6) is -0.0153. The van der Waals surface area contributed by atoms with Gasteiger partial charge in [0.15, 0.2) is 4.96 Å². The van der Waals surface area contributed by atoms with Gasteiger partial charge in [0.25, 0.3) is 0 Å². The Bertz CT molecular complexity index is 861. The van der Waals surface area contributed by atoms with Gasteiger partial charge < -0.3 is 5.32 Å². The maximum Gasteiger partial charge on any atom is 0.228 e. The zero-order valence-electron chi connectivity index (χ0n) is 12.7. The number of nitrogens with one attached hydrogen (secondary N) is 1. The first-order chi connectivity index (χ1) is 11.2. The molecule has 3 aromatic rings. The fraction of sp³-hybridized carbons (Fsp3) is 0.312. The molecule has 1 atom stereocenters. The predicted octanol–water partition coefficient (Wildman–Crippen LogP) is 3.19. The molecular formula is C16H16N4OS2. The lowest BCUT2D eigenvalue weighted by molar-refractivity contribution is -0.122. The number of nitrogens with zero attached hydrogens (tertiary/aromatic N) is 3. The minimum atomic E-state index is -0.0906. The maximum absolute atomic E-state index is 12.0. The van der Waals surface area contributed by atoms with Crippen LogP contribution in [0.5, 0.6) is 0 Å². The molecule has 1 aliphatic rings. The molecule has 1 amide bonds. The number of aryl methyl sites for hydroxylation is 1. The molecule has 118 valence electrons. The van der Waals surface area contributed by atoms with E-state index in [1.165, 1.54) is 4.88 Å². The third kappa shape index (κ3) is 2.70. The zero-order chi connectivity index (χ0) is 15.8. The lowest BCUT2D eigenvalue weighted by atomic mass is 9.90. The number of fused-ring (bicyclic) bond motifs is 2. The third-order valence-corrected chi connectivity index (χ3v) is 6.10. The van der Waals surface area contributed by atoms with Crippen molar-refractivity contribution in [2.24, 2.45) is 0 Å². The molecule has 3 heterocycles. The molecule has 1 N–H and O–H groups in total. The highest BCUT2D eigenvalue weighted by Crippen LogP contribution is 2.35. The van der Waals surface area contributed by atoms with Crippen molar-refractivity contribution in [3.05, 3.63) is 39.0 Å². The number of carbonyl (C=O) groups excluding carboxylic acids is 1. The smallest absolute Gasteiger partial charge is 0.228 e. The third-order valence-electron chi connectivity index (χ3n) is 4.03. The van der Waals surface area contributed by atoms with E-state index in [2.05, 4.69) is 22.6 Å². The highest BCUT2D eigenvalue weighted by molar-refractivity contribution is 7.18. The molecule has 0 saturated carbocycles. The van der Waals surface area contributed by atoms with Crippen LogP contribution in [-0.4, -0.2) is 27.3 Å². The molecule has 5 nitrogen and oxygen atoms in total. The van der Waals surface area contributed by atoms with Crippen LogP contribution in [0.3, 0.4) is 0 Å². The van der Waals surface area contributed by atoms with Crippen LogP contribution in [0.1, 0.15) is 39.2 Å². The summed E-state index contributed by atoms with van der Waals surface area (Å²) >= 11 is 3.34. The number of amides is 1. The summed E-state index contributed by atoms with van der Waals surface area (Å²) in [4.78, 5) is 24.4. The Kier molecular flexibility index (Phi) is 3.74. The van der Waals surface area contributed by atoms with Gasteiger partial charge in [0.05, 0.1) is 11.6 Å². The van der Waals surface area contributed by atoms with E-state index < -0.39 is 0 Å². The van der Waals surface area contributed by atoms with Crippen LogP contribution in [0.25, 0.3) is 17.1 Å². The van der Waals surface area contributed by atoms with E-state index in [4.69, 9.17) is 4.98 Å². The molecule has 0 radical (unpaired) electrons. The summed E-state index contributed by atoms with van der Waals surface area (Å²) in [5.41, 5.74) is 0.973. The van der Waals surface area contributed by atoms with Crippen LogP contribution >= 0.6 is 22.7 Å². The van der Waals surface area contributed by atoms with Gasteiger partial charge in [-0.05, 0) is 31.4 Å². The van der Waals surface area contributed by atoms with E-state index in [0.29, 0.717) is 0 Å². The second-order valence-corrected chi connectivity index (χ2v) is 7.66. The van der Waals surface area contributed by atoms with Crippen molar-refractivity contribution in [2.75, 3.05) is 7.05 Å². The second kappa shape index (κ2) is 5.90. The summed E-state index contributed by atoms with van der Waals surface area (Å²) in [7, 11) is 1.69. The molecule has 0 spiro atoms. The van der Waals surface area contributed by atoms with Gasteiger partial charge in [-0.25, -0.2) is 9.97 Å². The van der Waals surface area contributed by atoms with Gasteiger partial charge in [0.1, 0.15) is 5.01 Å². The molecule has 0 bridgehead atoms. The van der Waals surface area contributed by atoms with Crippen LogP contribution in [-0.2, 0) is 11.2 Å². The highest BCUT2D eigenvalue weighted by Gasteiger charge is 2.29. The first-order valence-corrected chi connectivity index (χ1v) is 9.19. The Labute approximate surface area is 141 Å². The first kappa shape index (κ1) is 14.6. The van der Waals surface area contributed by atoms with Crippen molar-refractivity contribution in [2.45, 2.75) is 25.2 Å². The lowest BCUT2D eigenvalue weighted by Crippen LogP contribution is -2.28. The number of thiazole rings is 2. The molecule has 23 heavy (non-hydrogen) atoms. The topological polar surface area (TPSA) is 59.3 Å². The number of aromatic nitrogens is 3. The maximum atomic E-state index is 12.0. The lowest BCUT2D eigenvalue weighted by Gasteiger charge is -2.19. The summed E-state index contributed by atoms with van der Waals surface area (Å²) < 4.78 is 2.01. The molecule has 1 aliphatic carbocycles. The Morgan fingerprint density at radius 1 is 1.43 bits per heavy atom. The average molecular weight is 344 g/mol. The number of rotatable bonds is 3. The van der Waals surface area contributed by atoms with Crippen LogP contribution in [0, 0.1) is 0 Å². The standard InChI is InChI=1S/C16H16N4OS2/c1-17-15(21)11-3-2-4-12-14(11)19-13(23-12)6-5-10-9-20-8-7-18-16(20)22-10/h5-9,11H,2-4H2,1H3,(H,17,21)/b6-5+. The quantitative estimate of drug-likeness (QED) is 0.794. The van der Waals surface area contributed by atoms with E-state index in [0.717, 1.165) is 39.8 Å². The molecule has 0 saturated heterocycles. The van der Waals surface area contributed by atoms with E-state index in [9.17, 15) is 4.79 Å². The summed E-state index contributed by atoms with van der Waals surface area (Å²) in [6, 6.07) is 0. The molecule has 0 aliphatic heterocycles. The van der Waals surface area contributed by atoms with Crippen LogP contribution < -0.4 is 5.32 Å². The van der Waals surface area contributed by atoms with Gasteiger partial charge >= 0.3 is 0 Å². The summed E-state index contributed by atoms with van der Waals surface area (Å²) in [6.07, 6.45) is 12.9. The second-order valence-electron chi connectivity index (χ2n) is 5.50. The van der Waals surface area contributed by atoms with Crippen LogP contribution in [0.2, 0.25) is 0 Å². The van der Waals surface area contributed by atoms with Crippen molar-refractivity contribution in [1.29, 1.82) is 0 Å². The fourth-order valence-corrected chi connectivity index (χ4v) is 4.83. The van der Waals surface area contributed by atoms with Gasteiger partial charge in [0, 0.05) is 35.4 Å². The number of likely N-dealkylation sites (N-methyl/N-ethyl adjacent to an activating group) is 1. The average Bonchev–Trinajstić information content (AvgIpc) is 3.24. The monoisotopic (exact) mass is 344 g/mol. The van der Waals surface area contributed by atoms with Crippen molar-refractivity contribution in [3.63, 3.8) is 0 Å². The molecule has 1 unspecified atom stereocenters. The largest absolute Gasteiger partial charge is 0.359 e. The molecule has 4 rings (SSSR count). The minimum Gasteiger partial charge on any atom is -0.359 e. The Hall–Kier alpha value is -1.99. The Morgan fingerprint density at radius 2 is 2.35 bits per heavy atom. The Morgan fingerprint density at radius 3 is 3.17 bits per heavy atom. The van der Waals surface area contributed by atoms with Crippen molar-refractivity contribution in [3.8, 4) is 0 Å². The molecule has 0 fully saturated rings. The van der Waals surface area contributed by atoms with Gasteiger partial charge in [0.2, 0.25) is 5.91 Å². The van der Waals surface area contributed by atoms with Gasteiger partial charge in [-0.3, -0.25) is 9.20 Å². The summed E-state index contributed by atoms with van der Waals surface area (Å²) in [5, 5.41) is 3.72. The molecule has 7 heteroatoms. The van der Waals surface area contributed by atoms with E-state index in [1.807, 2.05) is 16.7 Å². The first-order valence-electron chi connectivity index (χ1n) is 7.56. The molecule has 0 aromatic carbocycles. The zero-order valence-corrected chi connectivity index (χ0v) is 14.3. The number of imidazole rings is 1. The van der Waals surface area contributed by atoms with Crippen LogP contribution in [0.15, 0.2) is 18.6 Å². The predicted molar refractivity (Wildman–Crippen MR) is 93.9 cm³/mol. The Balaban J connectivity index is 1.60.